The summed E-state index contributed by atoms with van der Waals surface area (Å²) in [5.74, 6) is -0.174. The molecular weight excluding hydrogens is 327 g/mol. The zero-order valence-corrected chi connectivity index (χ0v) is 12.7. The minimum Gasteiger partial charge on any atom is -0.468 e. The van der Waals surface area contributed by atoms with Crippen molar-refractivity contribution in [2.45, 2.75) is 25.7 Å². The van der Waals surface area contributed by atoms with Gasteiger partial charge in [0.05, 0.1) is 18.2 Å². The SMILES string of the molecule is C[C@H](Cn1ccnc1)NC(=O)Nc1ccc(OCC(F)(F)F)nc1. The molecule has 130 valence electrons. The number of pyridine rings is 1. The Bertz CT molecular complexity index is 643. The van der Waals surface area contributed by atoms with Crippen molar-refractivity contribution in [3.63, 3.8) is 0 Å². The number of aromatic nitrogens is 3. The lowest BCUT2D eigenvalue weighted by molar-refractivity contribution is -0.154. The van der Waals surface area contributed by atoms with Crippen molar-refractivity contribution in [1.29, 1.82) is 0 Å². The van der Waals surface area contributed by atoms with Crippen LogP contribution >= 0.6 is 0 Å². The molecule has 0 bridgehead atoms. The molecule has 2 aromatic rings. The van der Waals surface area contributed by atoms with Crippen LogP contribution in [-0.2, 0) is 6.54 Å². The van der Waals surface area contributed by atoms with Gasteiger partial charge in [0.1, 0.15) is 0 Å². The highest BCUT2D eigenvalue weighted by Crippen LogP contribution is 2.17. The van der Waals surface area contributed by atoms with E-state index in [4.69, 9.17) is 0 Å². The first-order chi connectivity index (χ1) is 11.3. The Kier molecular flexibility index (Phi) is 5.61. The van der Waals surface area contributed by atoms with Crippen LogP contribution in [0.2, 0.25) is 0 Å². The molecule has 2 rings (SSSR count). The maximum Gasteiger partial charge on any atom is 0.422 e. The fourth-order valence-electron chi connectivity index (χ4n) is 1.84. The first-order valence-corrected chi connectivity index (χ1v) is 7.01. The molecule has 0 aliphatic heterocycles. The van der Waals surface area contributed by atoms with Crippen LogP contribution in [-0.4, -0.2) is 39.4 Å². The van der Waals surface area contributed by atoms with E-state index in [0.717, 1.165) is 0 Å². The van der Waals surface area contributed by atoms with Gasteiger partial charge in [0.25, 0.3) is 0 Å². The quantitative estimate of drug-likeness (QED) is 0.844. The number of nitrogens with one attached hydrogen (secondary N) is 2. The van der Waals surface area contributed by atoms with Crippen molar-refractivity contribution in [3.8, 4) is 5.88 Å². The van der Waals surface area contributed by atoms with Crippen molar-refractivity contribution in [1.82, 2.24) is 19.9 Å². The highest BCUT2D eigenvalue weighted by atomic mass is 19.4. The number of hydrogen-bond donors (Lipinski definition) is 2. The maximum absolute atomic E-state index is 12.0. The van der Waals surface area contributed by atoms with Crippen LogP contribution in [0.5, 0.6) is 5.88 Å². The van der Waals surface area contributed by atoms with Gasteiger partial charge in [-0.15, -0.1) is 0 Å². The van der Waals surface area contributed by atoms with Gasteiger partial charge in [-0.1, -0.05) is 0 Å². The Hall–Kier alpha value is -2.78. The first kappa shape index (κ1) is 17.6. The van der Waals surface area contributed by atoms with E-state index in [1.165, 1.54) is 18.3 Å². The lowest BCUT2D eigenvalue weighted by Gasteiger charge is -2.15. The molecule has 2 amide bonds. The number of nitrogens with zero attached hydrogens (tertiary/aromatic N) is 3. The summed E-state index contributed by atoms with van der Waals surface area (Å²) < 4.78 is 42.4. The Labute approximate surface area is 135 Å². The third-order valence-corrected chi connectivity index (χ3v) is 2.80. The van der Waals surface area contributed by atoms with Gasteiger partial charge >= 0.3 is 12.2 Å². The molecule has 0 saturated heterocycles. The van der Waals surface area contributed by atoms with Gasteiger partial charge in [-0.2, -0.15) is 13.2 Å². The van der Waals surface area contributed by atoms with Crippen molar-refractivity contribution < 1.29 is 22.7 Å². The third kappa shape index (κ3) is 6.15. The number of urea groups is 1. The van der Waals surface area contributed by atoms with Gasteiger partial charge in [0.15, 0.2) is 6.61 Å². The average molecular weight is 343 g/mol. The Morgan fingerprint density at radius 2 is 2.21 bits per heavy atom. The summed E-state index contributed by atoms with van der Waals surface area (Å²) in [5.41, 5.74) is 0.335. The molecule has 2 heterocycles. The maximum atomic E-state index is 12.0. The number of anilines is 1. The van der Waals surface area contributed by atoms with Gasteiger partial charge in [-0.25, -0.2) is 14.8 Å². The molecule has 2 N–H and O–H groups in total. The minimum absolute atomic E-state index is 0.151. The van der Waals surface area contributed by atoms with Crippen LogP contribution < -0.4 is 15.4 Å². The lowest BCUT2D eigenvalue weighted by Crippen LogP contribution is -2.38. The number of hydrogen-bond acceptors (Lipinski definition) is 4. The Balaban J connectivity index is 1.79. The monoisotopic (exact) mass is 343 g/mol. The van der Waals surface area contributed by atoms with E-state index in [2.05, 4.69) is 25.3 Å². The van der Waals surface area contributed by atoms with Gasteiger partial charge < -0.3 is 19.9 Å². The zero-order valence-electron chi connectivity index (χ0n) is 12.7. The number of ether oxygens (including phenoxy) is 1. The molecule has 0 unspecified atom stereocenters. The minimum atomic E-state index is -4.43. The highest BCUT2D eigenvalue weighted by Gasteiger charge is 2.28. The number of carbonyl (C=O) groups excluding carboxylic acids is 1. The van der Waals surface area contributed by atoms with E-state index in [9.17, 15) is 18.0 Å². The molecule has 24 heavy (non-hydrogen) atoms. The van der Waals surface area contributed by atoms with Crippen molar-refractivity contribution in [2.75, 3.05) is 11.9 Å². The highest BCUT2D eigenvalue weighted by molar-refractivity contribution is 5.89. The Morgan fingerprint density at radius 1 is 1.42 bits per heavy atom. The average Bonchev–Trinajstić information content (AvgIpc) is 2.98. The number of amides is 2. The third-order valence-electron chi connectivity index (χ3n) is 2.80. The standard InChI is InChI=1S/C14H16F3N5O2/c1-10(7-22-5-4-18-9-22)20-13(23)21-11-2-3-12(19-6-11)24-8-14(15,16)17/h2-6,9-10H,7-8H2,1H3,(H2,20,21,23)/t10-/m1/s1. The fraction of sp³-hybridized carbons (Fsp3) is 0.357. The molecule has 0 radical (unpaired) electrons. The molecule has 0 saturated carbocycles. The van der Waals surface area contributed by atoms with E-state index in [1.807, 2.05) is 11.5 Å². The molecule has 10 heteroatoms. The van der Waals surface area contributed by atoms with Gasteiger partial charge in [-0.05, 0) is 13.0 Å². The second-order valence-corrected chi connectivity index (χ2v) is 5.05. The summed E-state index contributed by atoms with van der Waals surface area (Å²) in [5, 5.41) is 5.26. The molecule has 0 aromatic carbocycles. The van der Waals surface area contributed by atoms with Crippen LogP contribution in [0.1, 0.15) is 6.92 Å². The van der Waals surface area contributed by atoms with E-state index >= 15 is 0 Å². The number of halogens is 3. The second kappa shape index (κ2) is 7.66. The summed E-state index contributed by atoms with van der Waals surface area (Å²) in [7, 11) is 0. The summed E-state index contributed by atoms with van der Waals surface area (Å²) >= 11 is 0. The van der Waals surface area contributed by atoms with Crippen LogP contribution in [0.25, 0.3) is 0 Å². The van der Waals surface area contributed by atoms with E-state index in [1.54, 1.807) is 18.7 Å². The smallest absolute Gasteiger partial charge is 0.422 e. The molecule has 0 aliphatic carbocycles. The van der Waals surface area contributed by atoms with Crippen molar-refractivity contribution in [3.05, 3.63) is 37.1 Å². The first-order valence-electron chi connectivity index (χ1n) is 7.01. The molecule has 7 nitrogen and oxygen atoms in total. The van der Waals surface area contributed by atoms with E-state index < -0.39 is 18.8 Å². The topological polar surface area (TPSA) is 81.1 Å². The van der Waals surface area contributed by atoms with Gasteiger partial charge in [0, 0.05) is 31.0 Å². The van der Waals surface area contributed by atoms with Crippen LogP contribution in [0.15, 0.2) is 37.1 Å². The number of rotatable bonds is 6. The van der Waals surface area contributed by atoms with Crippen LogP contribution in [0.4, 0.5) is 23.7 Å². The van der Waals surface area contributed by atoms with E-state index in [-0.39, 0.29) is 11.9 Å². The number of carbonyl (C=O) groups is 1. The fourth-order valence-corrected chi connectivity index (χ4v) is 1.84. The summed E-state index contributed by atoms with van der Waals surface area (Å²) in [6.45, 7) is 0.959. The molecule has 1 atom stereocenters. The van der Waals surface area contributed by atoms with E-state index in [0.29, 0.717) is 12.2 Å². The lowest BCUT2D eigenvalue weighted by atomic mass is 10.3. The number of alkyl halides is 3. The molecule has 0 spiro atoms. The molecule has 0 fully saturated rings. The summed E-state index contributed by atoms with van der Waals surface area (Å²) in [6.07, 6.45) is 1.84. The predicted molar refractivity (Wildman–Crippen MR) is 79.6 cm³/mol. The van der Waals surface area contributed by atoms with Gasteiger partial charge in [-0.3, -0.25) is 0 Å². The van der Waals surface area contributed by atoms with Crippen molar-refractivity contribution in [2.24, 2.45) is 0 Å². The van der Waals surface area contributed by atoms with Crippen LogP contribution in [0, 0.1) is 0 Å². The van der Waals surface area contributed by atoms with Crippen molar-refractivity contribution >= 4 is 11.7 Å². The second-order valence-electron chi connectivity index (χ2n) is 5.05. The van der Waals surface area contributed by atoms with Gasteiger partial charge in [0.2, 0.25) is 5.88 Å². The molecule has 2 aromatic heterocycles. The largest absolute Gasteiger partial charge is 0.468 e. The molecule has 0 aliphatic rings. The normalized spacial score (nSPS) is 12.5. The predicted octanol–water partition coefficient (Wildman–Crippen LogP) is 2.43. The molecular formula is C14H16F3N5O2. The summed E-state index contributed by atoms with van der Waals surface area (Å²) in [4.78, 5) is 19.4. The summed E-state index contributed by atoms with van der Waals surface area (Å²) in [6, 6.07) is 2.05. The zero-order chi connectivity index (χ0) is 17.6. The number of imidazole rings is 1. The Morgan fingerprint density at radius 3 is 2.79 bits per heavy atom. The van der Waals surface area contributed by atoms with Crippen LogP contribution in [0.3, 0.4) is 0 Å².